The van der Waals surface area contributed by atoms with Crippen molar-refractivity contribution >= 4 is 50.7 Å². The Kier molecular flexibility index (Phi) is 1.87. The summed E-state index contributed by atoms with van der Waals surface area (Å²) in [5, 5.41) is 0. The lowest BCUT2D eigenvalue weighted by molar-refractivity contribution is 0.966. The smallest absolute Gasteiger partial charge is 0.214 e. The van der Waals surface area contributed by atoms with Gasteiger partial charge in [-0.3, -0.25) is 7.18 Å². The highest BCUT2D eigenvalue weighted by Gasteiger charge is 2.15. The van der Waals surface area contributed by atoms with E-state index >= 15 is 0 Å². The molecule has 0 unspecified atom stereocenters. The third-order valence-corrected chi connectivity index (χ3v) is 4.23. The summed E-state index contributed by atoms with van der Waals surface area (Å²) < 4.78 is 6.28. The molecule has 0 saturated heterocycles. The minimum absolute atomic E-state index is 0.959. The zero-order valence-electron chi connectivity index (χ0n) is 9.92. The fourth-order valence-corrected chi connectivity index (χ4v) is 3.47. The topological polar surface area (TPSA) is 40.1 Å². The molecular weight excluding hydrogens is 341 g/mol. The summed E-state index contributed by atoms with van der Waals surface area (Å²) in [6.45, 7) is 2.14. The fourth-order valence-electron chi connectivity index (χ4n) is 2.74. The van der Waals surface area contributed by atoms with E-state index in [4.69, 9.17) is 0 Å². The number of hydrogen-bond donors (Lipinski definition) is 0. The highest BCUT2D eigenvalue weighted by atomic mass is 127. The summed E-state index contributed by atoms with van der Waals surface area (Å²) in [5.74, 6) is 0.959. The molecule has 0 spiro atoms. The number of rotatable bonds is 0. The second kappa shape index (κ2) is 3.25. The van der Waals surface area contributed by atoms with Crippen LogP contribution in [0.1, 0.15) is 5.56 Å². The Hall–Kier alpha value is -1.57. The molecule has 90 valence electrons. The third kappa shape index (κ3) is 1.07. The highest BCUT2D eigenvalue weighted by molar-refractivity contribution is 14.1. The summed E-state index contributed by atoms with van der Waals surface area (Å²) in [7, 11) is 2.05. The van der Waals surface area contributed by atoms with E-state index < -0.39 is 0 Å². The number of nitrogens with zero attached hydrogens (tertiary/aromatic N) is 5. The molecule has 0 saturated carbocycles. The van der Waals surface area contributed by atoms with E-state index in [9.17, 15) is 0 Å². The first-order chi connectivity index (χ1) is 8.68. The minimum Gasteiger partial charge on any atom is -0.312 e. The molecule has 5 nitrogen and oxygen atoms in total. The molecule has 0 bridgehead atoms. The Balaban J connectivity index is 2.40. The number of fused-ring (bicyclic) bond motifs is 4. The van der Waals surface area contributed by atoms with Crippen LogP contribution in [0.15, 0.2) is 24.8 Å². The Morgan fingerprint density at radius 2 is 2.06 bits per heavy atom. The van der Waals surface area contributed by atoms with Gasteiger partial charge in [-0.25, -0.2) is 9.97 Å². The minimum atomic E-state index is 0.959. The number of aromatic nitrogens is 5. The second-order valence-electron chi connectivity index (χ2n) is 4.45. The van der Waals surface area contributed by atoms with Crippen LogP contribution in [0.2, 0.25) is 0 Å². The van der Waals surface area contributed by atoms with Crippen LogP contribution >= 0.6 is 22.9 Å². The molecule has 1 aromatic carbocycles. The van der Waals surface area contributed by atoms with Crippen molar-refractivity contribution in [3.05, 3.63) is 30.4 Å². The maximum Gasteiger partial charge on any atom is 0.214 e. The van der Waals surface area contributed by atoms with E-state index in [2.05, 4.69) is 61.8 Å². The molecule has 3 heterocycles. The van der Waals surface area contributed by atoms with Crippen molar-refractivity contribution < 1.29 is 0 Å². The van der Waals surface area contributed by atoms with E-state index in [0.29, 0.717) is 0 Å². The lowest BCUT2D eigenvalue weighted by atomic mass is 10.1. The Labute approximate surface area is 117 Å². The van der Waals surface area contributed by atoms with Gasteiger partial charge in [-0.1, -0.05) is 0 Å². The molecule has 4 rings (SSSR count). The second-order valence-corrected chi connectivity index (χ2v) is 5.49. The van der Waals surface area contributed by atoms with Crippen LogP contribution in [0.3, 0.4) is 0 Å². The predicted molar refractivity (Wildman–Crippen MR) is 79.1 cm³/mol. The summed E-state index contributed by atoms with van der Waals surface area (Å²) in [6.07, 6.45) is 5.66. The van der Waals surface area contributed by atoms with Crippen LogP contribution in [0.4, 0.5) is 0 Å². The van der Waals surface area contributed by atoms with Crippen LogP contribution in [0.25, 0.3) is 27.8 Å². The molecule has 6 heteroatoms. The molecule has 18 heavy (non-hydrogen) atoms. The van der Waals surface area contributed by atoms with Crippen molar-refractivity contribution in [3.63, 3.8) is 0 Å². The SMILES string of the molecule is Cc1c2c(cc3c1n(C)c1nccn31)ncn2I. The standard InChI is InChI=1S/C12H10IN5/c1-7-10-8(15-6-18(10)13)5-9-11(7)16(2)12-14-3-4-17(9)12/h3-6H,1-2H3. The summed E-state index contributed by atoms with van der Waals surface area (Å²) in [6, 6.07) is 2.13. The Morgan fingerprint density at radius 1 is 1.22 bits per heavy atom. The van der Waals surface area contributed by atoms with E-state index in [1.807, 2.05) is 21.5 Å². The lowest BCUT2D eigenvalue weighted by Crippen LogP contribution is -1.92. The molecule has 0 radical (unpaired) electrons. The largest absolute Gasteiger partial charge is 0.312 e. The molecule has 4 aromatic rings. The molecular formula is C12H10IN5. The first-order valence-electron chi connectivity index (χ1n) is 5.62. The van der Waals surface area contributed by atoms with Crippen molar-refractivity contribution in [2.24, 2.45) is 7.05 Å². The van der Waals surface area contributed by atoms with E-state index in [1.54, 1.807) is 0 Å². The monoisotopic (exact) mass is 351 g/mol. The van der Waals surface area contributed by atoms with E-state index in [-0.39, 0.29) is 0 Å². The zero-order valence-corrected chi connectivity index (χ0v) is 12.1. The van der Waals surface area contributed by atoms with Crippen molar-refractivity contribution in [2.75, 3.05) is 0 Å². The first-order valence-corrected chi connectivity index (χ1v) is 6.59. The van der Waals surface area contributed by atoms with Gasteiger partial charge in [-0.2, -0.15) is 0 Å². The highest BCUT2D eigenvalue weighted by Crippen LogP contribution is 2.29. The maximum absolute atomic E-state index is 4.44. The van der Waals surface area contributed by atoms with Gasteiger partial charge in [-0.15, -0.1) is 0 Å². The fraction of sp³-hybridized carbons (Fsp3) is 0.167. The van der Waals surface area contributed by atoms with Crippen LogP contribution in [0, 0.1) is 6.92 Å². The molecule has 0 atom stereocenters. The van der Waals surface area contributed by atoms with Gasteiger partial charge in [0.25, 0.3) is 0 Å². The van der Waals surface area contributed by atoms with Gasteiger partial charge in [0, 0.05) is 25.0 Å². The number of imidazole rings is 3. The summed E-state index contributed by atoms with van der Waals surface area (Å²) >= 11 is 2.26. The number of halogens is 1. The van der Waals surface area contributed by atoms with E-state index in [1.165, 1.54) is 16.6 Å². The maximum atomic E-state index is 4.44. The van der Waals surface area contributed by atoms with Gasteiger partial charge in [0.2, 0.25) is 5.78 Å². The van der Waals surface area contributed by atoms with Crippen LogP contribution < -0.4 is 0 Å². The third-order valence-electron chi connectivity index (χ3n) is 3.50. The average Bonchev–Trinajstić information content (AvgIpc) is 2.99. The Bertz CT molecular complexity index is 911. The average molecular weight is 351 g/mol. The van der Waals surface area contributed by atoms with Crippen LogP contribution in [-0.4, -0.2) is 21.7 Å². The summed E-state index contributed by atoms with van der Waals surface area (Å²) in [5.41, 5.74) is 5.80. The van der Waals surface area contributed by atoms with Gasteiger partial charge in [0.05, 0.1) is 44.9 Å². The molecule has 0 aliphatic rings. The van der Waals surface area contributed by atoms with Crippen molar-refractivity contribution in [1.29, 1.82) is 0 Å². The predicted octanol–water partition coefficient (Wildman–Crippen LogP) is 2.68. The number of aryl methyl sites for hydroxylation is 2. The van der Waals surface area contributed by atoms with Crippen molar-refractivity contribution in [2.45, 2.75) is 6.92 Å². The van der Waals surface area contributed by atoms with Crippen LogP contribution in [0.5, 0.6) is 0 Å². The molecule has 0 fully saturated rings. The normalized spacial score (nSPS) is 12.2. The van der Waals surface area contributed by atoms with Gasteiger partial charge in [0.1, 0.15) is 6.33 Å². The molecule has 0 aliphatic carbocycles. The number of hydrogen-bond acceptors (Lipinski definition) is 2. The van der Waals surface area contributed by atoms with Crippen molar-refractivity contribution in [1.82, 2.24) is 21.7 Å². The van der Waals surface area contributed by atoms with Crippen LogP contribution in [-0.2, 0) is 7.05 Å². The van der Waals surface area contributed by atoms with Gasteiger partial charge >= 0.3 is 0 Å². The first kappa shape index (κ1) is 10.4. The van der Waals surface area contributed by atoms with E-state index in [0.717, 1.165) is 16.8 Å². The van der Waals surface area contributed by atoms with Gasteiger partial charge in [-0.05, 0) is 13.0 Å². The summed E-state index contributed by atoms with van der Waals surface area (Å²) in [4.78, 5) is 8.83. The van der Waals surface area contributed by atoms with Crippen molar-refractivity contribution in [3.8, 4) is 0 Å². The quantitative estimate of drug-likeness (QED) is 0.457. The molecule has 0 amide bonds. The Morgan fingerprint density at radius 3 is 2.89 bits per heavy atom. The number of benzene rings is 1. The molecule has 0 aliphatic heterocycles. The van der Waals surface area contributed by atoms with Gasteiger partial charge < -0.3 is 4.57 Å². The molecule has 0 N–H and O–H groups in total. The lowest BCUT2D eigenvalue weighted by Gasteiger charge is -2.03. The molecule has 3 aromatic heterocycles. The van der Waals surface area contributed by atoms with Gasteiger partial charge in [0.15, 0.2) is 0 Å². The zero-order chi connectivity index (χ0) is 12.4.